The molecule has 7 heteroatoms. The predicted octanol–water partition coefficient (Wildman–Crippen LogP) is 2.45. The summed E-state index contributed by atoms with van der Waals surface area (Å²) in [4.78, 5) is 15.9. The number of hydrogen-bond donors (Lipinski definition) is 2. The van der Waals surface area contributed by atoms with Gasteiger partial charge in [0.05, 0.1) is 23.9 Å². The van der Waals surface area contributed by atoms with Crippen LogP contribution in [0.2, 0.25) is 0 Å². The van der Waals surface area contributed by atoms with E-state index in [0.717, 1.165) is 11.3 Å². The number of methoxy groups -OCH3 is 1. The molecule has 0 saturated carbocycles. The number of rotatable bonds is 5. The van der Waals surface area contributed by atoms with Gasteiger partial charge >= 0.3 is 6.03 Å². The van der Waals surface area contributed by atoms with Gasteiger partial charge in [-0.05, 0) is 12.1 Å². The number of nitrogens with one attached hydrogen (secondary N) is 2. The Kier molecular flexibility index (Phi) is 5.26. The summed E-state index contributed by atoms with van der Waals surface area (Å²) in [5.74, 6) is 0. The first-order valence-electron chi connectivity index (χ1n) is 6.23. The van der Waals surface area contributed by atoms with Gasteiger partial charge in [-0.25, -0.2) is 9.78 Å². The molecule has 2 rings (SSSR count). The second kappa shape index (κ2) is 7.38. The number of nitriles is 1. The Morgan fingerprint density at radius 2 is 2.19 bits per heavy atom. The van der Waals surface area contributed by atoms with Crippen LogP contribution in [0.3, 0.4) is 0 Å². The number of amides is 2. The molecule has 1 aromatic heterocycles. The Labute approximate surface area is 126 Å². The molecule has 0 fully saturated rings. The minimum Gasteiger partial charge on any atom is -0.383 e. The fraction of sp³-hybridized carbons (Fsp3) is 0.214. The lowest BCUT2D eigenvalue weighted by molar-refractivity contribution is 0.198. The van der Waals surface area contributed by atoms with E-state index in [2.05, 4.69) is 21.7 Å². The topological polar surface area (TPSA) is 87.0 Å². The molecule has 6 nitrogen and oxygen atoms in total. The maximum absolute atomic E-state index is 11.6. The van der Waals surface area contributed by atoms with Crippen LogP contribution < -0.4 is 10.6 Å². The first-order chi connectivity index (χ1) is 10.2. The number of thiazole rings is 1. The van der Waals surface area contributed by atoms with Crippen molar-refractivity contribution in [1.82, 2.24) is 10.3 Å². The molecule has 0 atom stereocenters. The number of benzene rings is 1. The molecular formula is C14H14N4O2S. The third-order valence-electron chi connectivity index (χ3n) is 2.63. The number of ether oxygens (including phenoxy) is 1. The third kappa shape index (κ3) is 4.27. The van der Waals surface area contributed by atoms with E-state index in [1.54, 1.807) is 19.2 Å². The lowest BCUT2D eigenvalue weighted by Crippen LogP contribution is -2.31. The van der Waals surface area contributed by atoms with Gasteiger partial charge in [-0.15, -0.1) is 11.3 Å². The largest absolute Gasteiger partial charge is 0.383 e. The molecule has 0 aliphatic rings. The lowest BCUT2D eigenvalue weighted by atomic mass is 10.1. The van der Waals surface area contributed by atoms with E-state index in [-0.39, 0.29) is 6.03 Å². The monoisotopic (exact) mass is 302 g/mol. The Morgan fingerprint density at radius 1 is 1.43 bits per heavy atom. The van der Waals surface area contributed by atoms with E-state index < -0.39 is 0 Å². The molecule has 0 saturated heterocycles. The first kappa shape index (κ1) is 15.0. The van der Waals surface area contributed by atoms with Gasteiger partial charge in [0.1, 0.15) is 0 Å². The summed E-state index contributed by atoms with van der Waals surface area (Å²) >= 11 is 1.34. The Balaban J connectivity index is 1.97. The van der Waals surface area contributed by atoms with Gasteiger partial charge in [-0.2, -0.15) is 5.26 Å². The second-order valence-corrected chi connectivity index (χ2v) is 4.96. The smallest absolute Gasteiger partial charge is 0.321 e. The van der Waals surface area contributed by atoms with E-state index in [1.807, 2.05) is 17.5 Å². The van der Waals surface area contributed by atoms with E-state index in [9.17, 15) is 4.79 Å². The highest BCUT2D eigenvalue weighted by molar-refractivity contribution is 7.14. The molecular weight excluding hydrogens is 288 g/mol. The quantitative estimate of drug-likeness (QED) is 0.831. The molecule has 2 aromatic rings. The molecule has 0 aliphatic heterocycles. The summed E-state index contributed by atoms with van der Waals surface area (Å²) in [7, 11) is 1.57. The van der Waals surface area contributed by atoms with Crippen molar-refractivity contribution >= 4 is 22.5 Å². The number of nitrogens with zero attached hydrogens (tertiary/aromatic N) is 2. The number of anilines is 1. The standard InChI is InChI=1S/C14H14N4O2S/c1-20-7-6-16-13(19)18-14-17-12(9-21-14)11-4-2-10(8-15)3-5-11/h2-5,9H,6-7H2,1H3,(H2,16,17,18,19). The molecule has 0 unspecified atom stereocenters. The van der Waals surface area contributed by atoms with Gasteiger partial charge in [0.25, 0.3) is 0 Å². The van der Waals surface area contributed by atoms with Crippen LogP contribution in [-0.4, -0.2) is 31.3 Å². The van der Waals surface area contributed by atoms with Gasteiger partial charge < -0.3 is 10.1 Å². The summed E-state index contributed by atoms with van der Waals surface area (Å²) in [5, 5.41) is 16.4. The van der Waals surface area contributed by atoms with Crippen LogP contribution in [0.5, 0.6) is 0 Å². The van der Waals surface area contributed by atoms with Crippen LogP contribution in [0.1, 0.15) is 5.56 Å². The fourth-order valence-electron chi connectivity index (χ4n) is 1.59. The molecule has 0 bridgehead atoms. The van der Waals surface area contributed by atoms with Crippen molar-refractivity contribution in [3.05, 3.63) is 35.2 Å². The molecule has 1 heterocycles. The predicted molar refractivity (Wildman–Crippen MR) is 81.2 cm³/mol. The zero-order valence-corrected chi connectivity index (χ0v) is 12.2. The normalized spacial score (nSPS) is 9.90. The van der Waals surface area contributed by atoms with Crippen LogP contribution in [0.25, 0.3) is 11.3 Å². The van der Waals surface area contributed by atoms with Crippen molar-refractivity contribution in [2.24, 2.45) is 0 Å². The molecule has 0 radical (unpaired) electrons. The van der Waals surface area contributed by atoms with Crippen molar-refractivity contribution < 1.29 is 9.53 Å². The van der Waals surface area contributed by atoms with Crippen LogP contribution in [0.15, 0.2) is 29.6 Å². The maximum atomic E-state index is 11.6. The van der Waals surface area contributed by atoms with Crippen molar-refractivity contribution in [1.29, 1.82) is 5.26 Å². The zero-order chi connectivity index (χ0) is 15.1. The molecule has 0 spiro atoms. The minimum absolute atomic E-state index is 0.312. The van der Waals surface area contributed by atoms with Crippen LogP contribution in [0.4, 0.5) is 9.93 Å². The molecule has 2 amide bonds. The van der Waals surface area contributed by atoms with Crippen molar-refractivity contribution in [2.45, 2.75) is 0 Å². The minimum atomic E-state index is -0.312. The average Bonchev–Trinajstić information content (AvgIpc) is 2.96. The van der Waals surface area contributed by atoms with Crippen LogP contribution in [0, 0.1) is 11.3 Å². The van der Waals surface area contributed by atoms with Crippen molar-refractivity contribution in [3.8, 4) is 17.3 Å². The van der Waals surface area contributed by atoms with Crippen LogP contribution >= 0.6 is 11.3 Å². The highest BCUT2D eigenvalue weighted by Gasteiger charge is 2.07. The highest BCUT2D eigenvalue weighted by atomic mass is 32.1. The van der Waals surface area contributed by atoms with Gasteiger partial charge in [-0.3, -0.25) is 5.32 Å². The SMILES string of the molecule is COCCNC(=O)Nc1nc(-c2ccc(C#N)cc2)cs1. The lowest BCUT2D eigenvalue weighted by Gasteiger charge is -2.04. The zero-order valence-electron chi connectivity index (χ0n) is 11.4. The average molecular weight is 302 g/mol. The number of aromatic nitrogens is 1. The summed E-state index contributed by atoms with van der Waals surface area (Å²) < 4.78 is 4.84. The Hall–Kier alpha value is -2.43. The molecule has 0 aliphatic carbocycles. The highest BCUT2D eigenvalue weighted by Crippen LogP contribution is 2.24. The summed E-state index contributed by atoms with van der Waals surface area (Å²) in [6.45, 7) is 0.901. The van der Waals surface area contributed by atoms with Crippen molar-refractivity contribution in [3.63, 3.8) is 0 Å². The second-order valence-electron chi connectivity index (χ2n) is 4.10. The van der Waals surface area contributed by atoms with Gasteiger partial charge in [-0.1, -0.05) is 12.1 Å². The van der Waals surface area contributed by atoms with E-state index in [0.29, 0.717) is 23.8 Å². The summed E-state index contributed by atoms with van der Waals surface area (Å²) in [6, 6.07) is 8.89. The Bertz CT molecular complexity index is 646. The van der Waals surface area contributed by atoms with E-state index >= 15 is 0 Å². The first-order valence-corrected chi connectivity index (χ1v) is 7.10. The van der Waals surface area contributed by atoms with Gasteiger partial charge in [0.15, 0.2) is 5.13 Å². The number of urea groups is 1. The van der Waals surface area contributed by atoms with E-state index in [4.69, 9.17) is 10.00 Å². The van der Waals surface area contributed by atoms with Gasteiger partial charge in [0.2, 0.25) is 0 Å². The molecule has 108 valence electrons. The molecule has 2 N–H and O–H groups in total. The van der Waals surface area contributed by atoms with Crippen LogP contribution in [-0.2, 0) is 4.74 Å². The van der Waals surface area contributed by atoms with Crippen molar-refractivity contribution in [2.75, 3.05) is 25.6 Å². The summed E-state index contributed by atoms with van der Waals surface area (Å²) in [6.07, 6.45) is 0. The third-order valence-corrected chi connectivity index (χ3v) is 3.38. The van der Waals surface area contributed by atoms with Gasteiger partial charge in [0, 0.05) is 24.6 Å². The molecule has 21 heavy (non-hydrogen) atoms. The number of carbonyl (C=O) groups is 1. The maximum Gasteiger partial charge on any atom is 0.321 e. The summed E-state index contributed by atoms with van der Waals surface area (Å²) in [5.41, 5.74) is 2.26. The Morgan fingerprint density at radius 3 is 2.86 bits per heavy atom. The number of hydrogen-bond acceptors (Lipinski definition) is 5. The fourth-order valence-corrected chi connectivity index (χ4v) is 2.30. The number of carbonyl (C=O) groups excluding carboxylic acids is 1. The van der Waals surface area contributed by atoms with E-state index in [1.165, 1.54) is 11.3 Å². The molecule has 1 aromatic carbocycles.